The van der Waals surface area contributed by atoms with Crippen molar-refractivity contribution in [2.75, 3.05) is 24.7 Å². The van der Waals surface area contributed by atoms with Gasteiger partial charge in [0.05, 0.1) is 18.8 Å². The maximum atomic E-state index is 9.26. The third-order valence-corrected chi connectivity index (χ3v) is 4.40. The fourth-order valence-corrected chi connectivity index (χ4v) is 3.34. The molecule has 4 heteroatoms. The molecule has 0 aromatic heterocycles. The molecule has 3 N–H and O–H groups in total. The number of aliphatic hydroxyl groups is 2. The summed E-state index contributed by atoms with van der Waals surface area (Å²) >= 11 is 1.94. The molecule has 0 spiro atoms. The van der Waals surface area contributed by atoms with E-state index >= 15 is 0 Å². The predicted molar refractivity (Wildman–Crippen MR) is 65.2 cm³/mol. The van der Waals surface area contributed by atoms with E-state index in [1.165, 1.54) is 12.2 Å². The lowest BCUT2D eigenvalue weighted by Crippen LogP contribution is -2.59. The highest BCUT2D eigenvalue weighted by Gasteiger charge is 2.36. The lowest BCUT2D eigenvalue weighted by molar-refractivity contribution is 0.0753. The van der Waals surface area contributed by atoms with Gasteiger partial charge in [0.2, 0.25) is 0 Å². The molecule has 1 atom stereocenters. The Morgan fingerprint density at radius 3 is 2.47 bits per heavy atom. The van der Waals surface area contributed by atoms with E-state index in [0.717, 1.165) is 5.75 Å². The fraction of sp³-hybridized carbons (Fsp3) is 1.00. The molecule has 15 heavy (non-hydrogen) atoms. The monoisotopic (exact) mass is 233 g/mol. The van der Waals surface area contributed by atoms with E-state index in [9.17, 15) is 10.2 Å². The molecule has 1 rings (SSSR count). The van der Waals surface area contributed by atoms with E-state index in [1.807, 2.05) is 18.7 Å². The largest absolute Gasteiger partial charge is 0.394 e. The first-order valence-corrected chi connectivity index (χ1v) is 6.66. The van der Waals surface area contributed by atoms with Gasteiger partial charge in [-0.1, -0.05) is 13.8 Å². The minimum atomic E-state index is -0.556. The van der Waals surface area contributed by atoms with Crippen LogP contribution in [0.1, 0.15) is 27.2 Å². The molecule has 1 heterocycles. The molecular formula is C11H23NO2S. The summed E-state index contributed by atoms with van der Waals surface area (Å²) in [6.07, 6.45) is 1.18. The van der Waals surface area contributed by atoms with Crippen molar-refractivity contribution in [1.82, 2.24) is 5.32 Å². The normalized spacial score (nSPS) is 26.6. The average molecular weight is 233 g/mol. The molecule has 1 fully saturated rings. The Bertz CT molecular complexity index is 205. The van der Waals surface area contributed by atoms with Gasteiger partial charge < -0.3 is 15.5 Å². The standard InChI is InChI=1S/C11H23NO2S/c1-10(2)4-5-15-6-9(10)12-11(3,7-13)8-14/h9,12-14H,4-8H2,1-3H3. The molecule has 1 aliphatic rings. The summed E-state index contributed by atoms with van der Waals surface area (Å²) in [5.74, 6) is 2.27. The molecule has 0 aliphatic carbocycles. The summed E-state index contributed by atoms with van der Waals surface area (Å²) < 4.78 is 0. The van der Waals surface area contributed by atoms with E-state index < -0.39 is 5.54 Å². The molecule has 0 bridgehead atoms. The van der Waals surface area contributed by atoms with Crippen LogP contribution in [-0.4, -0.2) is 46.5 Å². The summed E-state index contributed by atoms with van der Waals surface area (Å²) in [5, 5.41) is 21.9. The van der Waals surface area contributed by atoms with Gasteiger partial charge in [0.1, 0.15) is 0 Å². The Balaban J connectivity index is 2.62. The van der Waals surface area contributed by atoms with Crippen molar-refractivity contribution in [3.63, 3.8) is 0 Å². The SMILES string of the molecule is CC(CO)(CO)NC1CSCCC1(C)C. The zero-order valence-corrected chi connectivity index (χ0v) is 10.7. The Morgan fingerprint density at radius 2 is 2.00 bits per heavy atom. The van der Waals surface area contributed by atoms with Crippen molar-refractivity contribution in [2.24, 2.45) is 5.41 Å². The fourth-order valence-electron chi connectivity index (χ4n) is 1.74. The molecule has 0 amide bonds. The van der Waals surface area contributed by atoms with Crippen molar-refractivity contribution >= 4 is 11.8 Å². The van der Waals surface area contributed by atoms with Gasteiger partial charge in [-0.05, 0) is 24.5 Å². The lowest BCUT2D eigenvalue weighted by atomic mass is 9.81. The molecule has 1 saturated heterocycles. The molecule has 0 aromatic carbocycles. The Kier molecular flexibility index (Phi) is 4.47. The van der Waals surface area contributed by atoms with Crippen LogP contribution in [0.2, 0.25) is 0 Å². The van der Waals surface area contributed by atoms with Crippen LogP contribution in [0.4, 0.5) is 0 Å². The molecule has 0 aromatic rings. The number of thioether (sulfide) groups is 1. The third kappa shape index (κ3) is 3.34. The molecule has 1 aliphatic heterocycles. The summed E-state index contributed by atoms with van der Waals surface area (Å²) in [5.41, 5.74) is -0.309. The van der Waals surface area contributed by atoms with E-state index in [2.05, 4.69) is 19.2 Å². The Hall–Kier alpha value is 0.230. The van der Waals surface area contributed by atoms with Gasteiger partial charge in [-0.3, -0.25) is 0 Å². The molecule has 3 nitrogen and oxygen atoms in total. The van der Waals surface area contributed by atoms with Gasteiger partial charge in [-0.2, -0.15) is 11.8 Å². The van der Waals surface area contributed by atoms with E-state index in [-0.39, 0.29) is 18.6 Å². The van der Waals surface area contributed by atoms with Crippen molar-refractivity contribution in [3.05, 3.63) is 0 Å². The quantitative estimate of drug-likeness (QED) is 0.674. The van der Waals surface area contributed by atoms with Crippen molar-refractivity contribution in [2.45, 2.75) is 38.8 Å². The smallest absolute Gasteiger partial charge is 0.0633 e. The van der Waals surface area contributed by atoms with E-state index in [0.29, 0.717) is 6.04 Å². The highest BCUT2D eigenvalue weighted by Crippen LogP contribution is 2.35. The van der Waals surface area contributed by atoms with Crippen molar-refractivity contribution < 1.29 is 10.2 Å². The van der Waals surface area contributed by atoms with Gasteiger partial charge in [-0.15, -0.1) is 0 Å². The van der Waals surface area contributed by atoms with Gasteiger partial charge in [-0.25, -0.2) is 0 Å². The first-order chi connectivity index (χ1) is 6.93. The summed E-state index contributed by atoms with van der Waals surface area (Å²) in [7, 11) is 0. The molecule has 1 unspecified atom stereocenters. The zero-order valence-electron chi connectivity index (χ0n) is 9.92. The van der Waals surface area contributed by atoms with Crippen molar-refractivity contribution in [1.29, 1.82) is 0 Å². The summed E-state index contributed by atoms with van der Waals surface area (Å²) in [6, 6.07) is 0.362. The topological polar surface area (TPSA) is 52.5 Å². The number of rotatable bonds is 4. The van der Waals surface area contributed by atoms with Crippen LogP contribution >= 0.6 is 11.8 Å². The van der Waals surface area contributed by atoms with Gasteiger partial charge in [0, 0.05) is 11.8 Å². The number of nitrogens with one attached hydrogen (secondary N) is 1. The van der Waals surface area contributed by atoms with Crippen LogP contribution in [0, 0.1) is 5.41 Å². The van der Waals surface area contributed by atoms with Crippen LogP contribution < -0.4 is 5.32 Å². The first kappa shape index (κ1) is 13.3. The Morgan fingerprint density at radius 1 is 1.40 bits per heavy atom. The van der Waals surface area contributed by atoms with Crippen LogP contribution in [0.3, 0.4) is 0 Å². The van der Waals surface area contributed by atoms with Gasteiger partial charge in [0.25, 0.3) is 0 Å². The zero-order chi connectivity index (χ0) is 11.5. The maximum Gasteiger partial charge on any atom is 0.0633 e. The highest BCUT2D eigenvalue weighted by molar-refractivity contribution is 7.99. The van der Waals surface area contributed by atoms with Crippen LogP contribution in [0.15, 0.2) is 0 Å². The maximum absolute atomic E-state index is 9.26. The third-order valence-electron chi connectivity index (χ3n) is 3.34. The van der Waals surface area contributed by atoms with E-state index in [1.54, 1.807) is 0 Å². The summed E-state index contributed by atoms with van der Waals surface area (Å²) in [4.78, 5) is 0. The second-order valence-electron chi connectivity index (χ2n) is 5.39. The predicted octanol–water partition coefficient (Wildman–Crippen LogP) is 0.851. The van der Waals surface area contributed by atoms with Gasteiger partial charge >= 0.3 is 0 Å². The number of hydrogen-bond donors (Lipinski definition) is 3. The number of hydrogen-bond acceptors (Lipinski definition) is 4. The first-order valence-electron chi connectivity index (χ1n) is 5.51. The van der Waals surface area contributed by atoms with Crippen molar-refractivity contribution in [3.8, 4) is 0 Å². The molecular weight excluding hydrogens is 210 g/mol. The van der Waals surface area contributed by atoms with Crippen LogP contribution in [0.25, 0.3) is 0 Å². The van der Waals surface area contributed by atoms with Crippen LogP contribution in [0.5, 0.6) is 0 Å². The van der Waals surface area contributed by atoms with Crippen LogP contribution in [-0.2, 0) is 0 Å². The minimum absolute atomic E-state index is 0.0270. The molecule has 0 saturated carbocycles. The van der Waals surface area contributed by atoms with E-state index in [4.69, 9.17) is 0 Å². The molecule has 0 radical (unpaired) electrons. The average Bonchev–Trinajstić information content (AvgIpc) is 2.21. The molecule has 90 valence electrons. The van der Waals surface area contributed by atoms with Gasteiger partial charge in [0.15, 0.2) is 0 Å². The second kappa shape index (κ2) is 5.04. The number of aliphatic hydroxyl groups excluding tert-OH is 2. The summed E-state index contributed by atoms with van der Waals surface area (Å²) in [6.45, 7) is 6.31. The minimum Gasteiger partial charge on any atom is -0.394 e. The highest BCUT2D eigenvalue weighted by atomic mass is 32.2. The second-order valence-corrected chi connectivity index (χ2v) is 6.54. The Labute approximate surface area is 96.6 Å². The lowest BCUT2D eigenvalue weighted by Gasteiger charge is -2.43.